The molecule has 0 heterocycles. The number of carbonyl (C=O) groups is 1. The first-order chi connectivity index (χ1) is 9.00. The first-order valence-electron chi connectivity index (χ1n) is 6.26. The van der Waals surface area contributed by atoms with E-state index in [2.05, 4.69) is 11.9 Å². The van der Waals surface area contributed by atoms with Crippen molar-refractivity contribution in [2.24, 2.45) is 0 Å². The van der Waals surface area contributed by atoms with Gasteiger partial charge in [0.25, 0.3) is 5.91 Å². The topological polar surface area (TPSA) is 58.6 Å². The number of rotatable bonds is 7. The molecular formula is C15H21NO3. The molecule has 0 aliphatic heterocycles. The molecule has 1 aromatic carbocycles. The number of aliphatic hydroxyl groups excluding tert-OH is 1. The van der Waals surface area contributed by atoms with Crippen LogP contribution >= 0.6 is 0 Å². The smallest absolute Gasteiger partial charge is 0.255 e. The Morgan fingerprint density at radius 1 is 1.47 bits per heavy atom. The summed E-state index contributed by atoms with van der Waals surface area (Å²) in [6.07, 6.45) is 2.12. The largest absolute Gasteiger partial charge is 0.489 e. The molecule has 0 radical (unpaired) electrons. The van der Waals surface area contributed by atoms with Crippen LogP contribution in [0.4, 0.5) is 0 Å². The molecule has 0 fully saturated rings. The van der Waals surface area contributed by atoms with Gasteiger partial charge in [0.05, 0.1) is 5.56 Å². The normalized spacial score (nSPS) is 10.9. The van der Waals surface area contributed by atoms with Crippen LogP contribution in [0.2, 0.25) is 0 Å². The van der Waals surface area contributed by atoms with Crippen molar-refractivity contribution in [3.63, 3.8) is 0 Å². The monoisotopic (exact) mass is 263 g/mol. The minimum absolute atomic E-state index is 0.0297. The Kier molecular flexibility index (Phi) is 5.57. The van der Waals surface area contributed by atoms with Crippen LogP contribution in [0, 0.1) is 0 Å². The Bertz CT molecular complexity index is 441. The van der Waals surface area contributed by atoms with Gasteiger partial charge in [0.2, 0.25) is 0 Å². The summed E-state index contributed by atoms with van der Waals surface area (Å²) in [6, 6.07) is 7.06. The molecule has 0 aliphatic carbocycles. The molecule has 104 valence electrons. The Morgan fingerprint density at radius 2 is 2.16 bits per heavy atom. The van der Waals surface area contributed by atoms with E-state index in [1.165, 1.54) is 0 Å². The number of para-hydroxylation sites is 1. The molecule has 1 aromatic rings. The van der Waals surface area contributed by atoms with Gasteiger partial charge in [-0.2, -0.15) is 0 Å². The predicted molar refractivity (Wildman–Crippen MR) is 75.4 cm³/mol. The number of hydrogen-bond donors (Lipinski definition) is 2. The Balaban J connectivity index is 2.84. The molecule has 0 unspecified atom stereocenters. The fourth-order valence-electron chi connectivity index (χ4n) is 1.65. The van der Waals surface area contributed by atoms with Crippen LogP contribution in [0.1, 0.15) is 30.6 Å². The number of amides is 1. The number of ether oxygens (including phenoxy) is 1. The molecule has 1 rings (SSSR count). The summed E-state index contributed by atoms with van der Waals surface area (Å²) < 4.78 is 5.45. The maximum Gasteiger partial charge on any atom is 0.255 e. The van der Waals surface area contributed by atoms with Crippen molar-refractivity contribution >= 4 is 5.91 Å². The quantitative estimate of drug-likeness (QED) is 0.741. The second-order valence-electron chi connectivity index (χ2n) is 4.91. The van der Waals surface area contributed by atoms with E-state index < -0.39 is 5.54 Å². The van der Waals surface area contributed by atoms with E-state index >= 15 is 0 Å². The summed E-state index contributed by atoms with van der Waals surface area (Å²) in [7, 11) is 0. The van der Waals surface area contributed by atoms with E-state index in [9.17, 15) is 4.79 Å². The van der Waals surface area contributed by atoms with E-state index in [1.807, 2.05) is 19.9 Å². The summed E-state index contributed by atoms with van der Waals surface area (Å²) in [5, 5.41) is 11.9. The maximum absolute atomic E-state index is 12.2. The molecule has 4 nitrogen and oxygen atoms in total. The van der Waals surface area contributed by atoms with Crippen LogP contribution in [0.3, 0.4) is 0 Å². The molecule has 0 spiro atoms. The lowest BCUT2D eigenvalue weighted by atomic mass is 10.0. The number of benzene rings is 1. The highest BCUT2D eigenvalue weighted by Crippen LogP contribution is 2.19. The van der Waals surface area contributed by atoms with E-state index in [1.54, 1.807) is 24.3 Å². The van der Waals surface area contributed by atoms with E-state index in [0.717, 1.165) is 0 Å². The predicted octanol–water partition coefficient (Wildman–Crippen LogP) is 2.14. The van der Waals surface area contributed by atoms with Gasteiger partial charge in [-0.25, -0.2) is 0 Å². The Morgan fingerprint density at radius 3 is 2.79 bits per heavy atom. The van der Waals surface area contributed by atoms with Crippen molar-refractivity contribution in [3.8, 4) is 5.75 Å². The third-order valence-corrected chi connectivity index (χ3v) is 2.68. The number of carbonyl (C=O) groups excluding carboxylic acids is 1. The second-order valence-corrected chi connectivity index (χ2v) is 4.91. The van der Waals surface area contributed by atoms with Crippen LogP contribution in [-0.2, 0) is 0 Å². The molecular weight excluding hydrogens is 242 g/mol. The summed E-state index contributed by atoms with van der Waals surface area (Å²) in [5.74, 6) is 0.317. The molecule has 0 aliphatic rings. The van der Waals surface area contributed by atoms with Gasteiger partial charge < -0.3 is 15.2 Å². The first kappa shape index (κ1) is 15.2. The summed E-state index contributed by atoms with van der Waals surface area (Å²) in [4.78, 5) is 12.2. The lowest BCUT2D eigenvalue weighted by Crippen LogP contribution is -2.44. The van der Waals surface area contributed by atoms with E-state index in [0.29, 0.717) is 24.3 Å². The molecule has 0 atom stereocenters. The van der Waals surface area contributed by atoms with Crippen molar-refractivity contribution < 1.29 is 14.6 Å². The lowest BCUT2D eigenvalue weighted by Gasteiger charge is -2.25. The second kappa shape index (κ2) is 6.95. The van der Waals surface area contributed by atoms with Crippen LogP contribution < -0.4 is 10.1 Å². The molecule has 0 bridgehead atoms. The van der Waals surface area contributed by atoms with Gasteiger partial charge in [-0.15, -0.1) is 0 Å². The number of hydrogen-bond acceptors (Lipinski definition) is 3. The van der Waals surface area contributed by atoms with Crippen molar-refractivity contribution in [2.75, 3.05) is 13.2 Å². The fourth-order valence-corrected chi connectivity index (χ4v) is 1.65. The average molecular weight is 263 g/mol. The standard InChI is InChI=1S/C15H21NO3/c1-4-11-19-13-8-6-5-7-12(13)14(18)16-15(2,3)9-10-17/h4-8,17H,1,9-11H2,2-3H3,(H,16,18). The molecule has 1 amide bonds. The van der Waals surface area contributed by atoms with Gasteiger partial charge in [-0.3, -0.25) is 4.79 Å². The molecule has 2 N–H and O–H groups in total. The Hall–Kier alpha value is -1.81. The maximum atomic E-state index is 12.2. The highest BCUT2D eigenvalue weighted by atomic mass is 16.5. The van der Waals surface area contributed by atoms with Crippen molar-refractivity contribution in [3.05, 3.63) is 42.5 Å². The zero-order chi connectivity index (χ0) is 14.3. The zero-order valence-corrected chi connectivity index (χ0v) is 11.5. The lowest BCUT2D eigenvalue weighted by molar-refractivity contribution is 0.0896. The number of aliphatic hydroxyl groups is 1. The van der Waals surface area contributed by atoms with Gasteiger partial charge in [-0.05, 0) is 32.4 Å². The van der Waals surface area contributed by atoms with Crippen LogP contribution in [0.15, 0.2) is 36.9 Å². The summed E-state index contributed by atoms with van der Waals surface area (Å²) in [5.41, 5.74) is 0.0209. The summed E-state index contributed by atoms with van der Waals surface area (Å²) >= 11 is 0. The Labute approximate surface area is 114 Å². The van der Waals surface area contributed by atoms with Gasteiger partial charge in [0, 0.05) is 12.1 Å². The van der Waals surface area contributed by atoms with Gasteiger partial charge in [0.15, 0.2) is 0 Å². The third-order valence-electron chi connectivity index (χ3n) is 2.68. The SMILES string of the molecule is C=CCOc1ccccc1C(=O)NC(C)(C)CCO. The molecule has 0 saturated carbocycles. The minimum Gasteiger partial charge on any atom is -0.489 e. The van der Waals surface area contributed by atoms with Crippen molar-refractivity contribution in [2.45, 2.75) is 25.8 Å². The van der Waals surface area contributed by atoms with Crippen molar-refractivity contribution in [1.29, 1.82) is 0 Å². The first-order valence-corrected chi connectivity index (χ1v) is 6.26. The van der Waals surface area contributed by atoms with Gasteiger partial charge in [0.1, 0.15) is 12.4 Å². The zero-order valence-electron chi connectivity index (χ0n) is 11.5. The van der Waals surface area contributed by atoms with Gasteiger partial charge >= 0.3 is 0 Å². The molecule has 0 aromatic heterocycles. The molecule has 19 heavy (non-hydrogen) atoms. The van der Waals surface area contributed by atoms with E-state index in [-0.39, 0.29) is 12.5 Å². The minimum atomic E-state index is -0.461. The molecule has 0 saturated heterocycles. The third kappa shape index (κ3) is 4.75. The van der Waals surface area contributed by atoms with Crippen LogP contribution in [0.25, 0.3) is 0 Å². The van der Waals surface area contributed by atoms with Crippen LogP contribution in [0.5, 0.6) is 5.75 Å². The highest BCUT2D eigenvalue weighted by Gasteiger charge is 2.22. The average Bonchev–Trinajstić information content (AvgIpc) is 2.36. The van der Waals surface area contributed by atoms with Crippen molar-refractivity contribution in [1.82, 2.24) is 5.32 Å². The summed E-state index contributed by atoms with van der Waals surface area (Å²) in [6.45, 7) is 7.70. The van der Waals surface area contributed by atoms with Crippen LogP contribution in [-0.4, -0.2) is 29.8 Å². The highest BCUT2D eigenvalue weighted by molar-refractivity contribution is 5.97. The fraction of sp³-hybridized carbons (Fsp3) is 0.400. The van der Waals surface area contributed by atoms with Gasteiger partial charge in [-0.1, -0.05) is 24.8 Å². The van der Waals surface area contributed by atoms with E-state index in [4.69, 9.17) is 9.84 Å². The number of nitrogens with one attached hydrogen (secondary N) is 1. The molecule has 4 heteroatoms.